The molecule has 2 aliphatic heterocycles. The fourth-order valence-electron chi connectivity index (χ4n) is 5.57. The van der Waals surface area contributed by atoms with E-state index < -0.39 is 5.41 Å². The summed E-state index contributed by atoms with van der Waals surface area (Å²) in [6.45, 7) is 4.19. The molecule has 3 fully saturated rings. The predicted octanol–water partition coefficient (Wildman–Crippen LogP) is 4.00. The molecule has 6 heteroatoms. The van der Waals surface area contributed by atoms with E-state index in [1.165, 1.54) is 4.90 Å². The average Bonchev–Trinajstić information content (AvgIpc) is 3.47. The molecule has 3 aliphatic rings. The zero-order valence-corrected chi connectivity index (χ0v) is 20.4. The minimum absolute atomic E-state index is 0.00710. The number of nitrogens with zero attached hydrogens (tertiary/aromatic N) is 2. The van der Waals surface area contributed by atoms with Gasteiger partial charge in [0, 0.05) is 32.5 Å². The summed E-state index contributed by atoms with van der Waals surface area (Å²) in [5, 5.41) is 0. The first kappa shape index (κ1) is 23.7. The van der Waals surface area contributed by atoms with Crippen molar-refractivity contribution in [2.75, 3.05) is 19.7 Å². The Hall–Kier alpha value is -2.99. The number of aryl methyl sites for hydroxylation is 1. The van der Waals surface area contributed by atoms with Gasteiger partial charge in [-0.3, -0.25) is 19.3 Å². The summed E-state index contributed by atoms with van der Waals surface area (Å²) in [6, 6.07) is 17.2. The van der Waals surface area contributed by atoms with Gasteiger partial charge in [0.05, 0.1) is 18.1 Å². The zero-order valence-electron chi connectivity index (χ0n) is 20.4. The molecule has 1 saturated carbocycles. The minimum Gasteiger partial charge on any atom is -0.376 e. The summed E-state index contributed by atoms with van der Waals surface area (Å²) in [5.74, 6) is -0.0103. The van der Waals surface area contributed by atoms with Gasteiger partial charge in [-0.05, 0) is 55.2 Å². The highest BCUT2D eigenvalue weighted by atomic mass is 16.5. The Bertz CT molecular complexity index is 1090. The molecule has 0 radical (unpaired) electrons. The summed E-state index contributed by atoms with van der Waals surface area (Å²) in [4.78, 5) is 44.4. The third-order valence-corrected chi connectivity index (χ3v) is 7.68. The average molecular weight is 475 g/mol. The fourth-order valence-corrected chi connectivity index (χ4v) is 5.57. The molecule has 3 amide bonds. The lowest BCUT2D eigenvalue weighted by atomic mass is 9.74. The van der Waals surface area contributed by atoms with Crippen LogP contribution in [0.4, 0.5) is 0 Å². The van der Waals surface area contributed by atoms with Crippen molar-refractivity contribution in [2.45, 2.75) is 63.5 Å². The van der Waals surface area contributed by atoms with Crippen molar-refractivity contribution in [3.05, 3.63) is 71.3 Å². The number of likely N-dealkylation sites (tertiary alicyclic amines) is 1. The van der Waals surface area contributed by atoms with Crippen molar-refractivity contribution < 1.29 is 19.1 Å². The monoisotopic (exact) mass is 474 g/mol. The van der Waals surface area contributed by atoms with Crippen molar-refractivity contribution in [1.82, 2.24) is 9.80 Å². The van der Waals surface area contributed by atoms with Gasteiger partial charge < -0.3 is 9.64 Å². The number of imide groups is 1. The Morgan fingerprint density at radius 2 is 1.77 bits per heavy atom. The highest BCUT2D eigenvalue weighted by Gasteiger charge is 2.54. The van der Waals surface area contributed by atoms with Crippen molar-refractivity contribution in [3.63, 3.8) is 0 Å². The van der Waals surface area contributed by atoms with E-state index in [2.05, 4.69) is 0 Å². The Morgan fingerprint density at radius 1 is 1.03 bits per heavy atom. The maximum absolute atomic E-state index is 14.0. The van der Waals surface area contributed by atoms with Crippen LogP contribution in [0.2, 0.25) is 0 Å². The Kier molecular flexibility index (Phi) is 6.74. The number of carbonyl (C=O) groups excluding carboxylic acids is 3. The molecule has 0 spiro atoms. The third-order valence-electron chi connectivity index (χ3n) is 7.68. The highest BCUT2D eigenvalue weighted by Crippen LogP contribution is 2.42. The van der Waals surface area contributed by atoms with E-state index in [1.807, 2.05) is 66.4 Å². The van der Waals surface area contributed by atoms with E-state index in [4.69, 9.17) is 4.74 Å². The molecule has 0 bridgehead atoms. The Morgan fingerprint density at radius 3 is 2.46 bits per heavy atom. The lowest BCUT2D eigenvalue weighted by Crippen LogP contribution is -2.46. The normalized spacial score (nSPS) is 24.3. The van der Waals surface area contributed by atoms with Gasteiger partial charge in [-0.1, -0.05) is 54.6 Å². The second-order valence-corrected chi connectivity index (χ2v) is 10.4. The van der Waals surface area contributed by atoms with Crippen molar-refractivity contribution in [2.24, 2.45) is 5.92 Å². The van der Waals surface area contributed by atoms with E-state index >= 15 is 0 Å². The molecule has 1 aliphatic carbocycles. The van der Waals surface area contributed by atoms with Crippen LogP contribution in [0.5, 0.6) is 0 Å². The molecular weight excluding hydrogens is 440 g/mol. The van der Waals surface area contributed by atoms with Crippen LogP contribution in [0.15, 0.2) is 54.6 Å². The minimum atomic E-state index is -1.17. The maximum Gasteiger partial charge on any atom is 0.241 e. The summed E-state index contributed by atoms with van der Waals surface area (Å²) in [6.07, 6.45) is 4.34. The molecule has 184 valence electrons. The number of carbonyl (C=O) groups is 3. The number of amides is 3. The van der Waals surface area contributed by atoms with E-state index in [-0.39, 0.29) is 43.2 Å². The first-order valence-corrected chi connectivity index (χ1v) is 12.8. The molecule has 0 aromatic heterocycles. The largest absolute Gasteiger partial charge is 0.376 e. The van der Waals surface area contributed by atoms with Crippen LogP contribution in [0.25, 0.3) is 0 Å². The lowest BCUT2D eigenvalue weighted by molar-refractivity contribution is -0.143. The van der Waals surface area contributed by atoms with Crippen molar-refractivity contribution in [1.29, 1.82) is 0 Å². The summed E-state index contributed by atoms with van der Waals surface area (Å²) >= 11 is 0. The molecule has 2 aromatic rings. The van der Waals surface area contributed by atoms with Gasteiger partial charge >= 0.3 is 0 Å². The third kappa shape index (κ3) is 5.03. The van der Waals surface area contributed by atoms with Gasteiger partial charge in [0.1, 0.15) is 0 Å². The Labute approximate surface area is 207 Å². The zero-order chi connectivity index (χ0) is 24.4. The van der Waals surface area contributed by atoms with Gasteiger partial charge in [-0.15, -0.1) is 0 Å². The summed E-state index contributed by atoms with van der Waals surface area (Å²) in [5.41, 5.74) is 1.43. The van der Waals surface area contributed by atoms with Crippen molar-refractivity contribution >= 4 is 17.7 Å². The van der Waals surface area contributed by atoms with E-state index in [0.29, 0.717) is 19.0 Å². The maximum atomic E-state index is 14.0. The summed E-state index contributed by atoms with van der Waals surface area (Å²) < 4.78 is 5.83. The van der Waals surface area contributed by atoms with Crippen LogP contribution >= 0.6 is 0 Å². The predicted molar refractivity (Wildman–Crippen MR) is 132 cm³/mol. The second kappa shape index (κ2) is 9.94. The van der Waals surface area contributed by atoms with Gasteiger partial charge in [0.15, 0.2) is 0 Å². The highest BCUT2D eigenvalue weighted by molar-refractivity contribution is 6.10. The standard InChI is InChI=1S/C29H34N2O4/c1-21-8-5-6-12-25(21)29(17-27(33)31(28(29)34)19-22-9-3-2-4-10-22)16-26(32)30(18-23-13-14-23)20-24-11-7-15-35-24/h2-6,8-10,12,23-24H,7,11,13-20H2,1H3/t24-,29-/m1/s1. The van der Waals surface area contributed by atoms with Gasteiger partial charge in [0.2, 0.25) is 17.7 Å². The van der Waals surface area contributed by atoms with Crippen LogP contribution in [0.1, 0.15) is 55.2 Å². The summed E-state index contributed by atoms with van der Waals surface area (Å²) in [7, 11) is 0. The van der Waals surface area contributed by atoms with Gasteiger partial charge in [-0.2, -0.15) is 0 Å². The van der Waals surface area contributed by atoms with Gasteiger partial charge in [0.25, 0.3) is 0 Å². The second-order valence-electron chi connectivity index (χ2n) is 10.4. The first-order valence-electron chi connectivity index (χ1n) is 12.8. The van der Waals surface area contributed by atoms with Crippen LogP contribution in [-0.4, -0.2) is 53.3 Å². The van der Waals surface area contributed by atoms with Crippen LogP contribution in [0, 0.1) is 12.8 Å². The smallest absolute Gasteiger partial charge is 0.241 e. The quantitative estimate of drug-likeness (QED) is 0.516. The topological polar surface area (TPSA) is 66.9 Å². The van der Waals surface area contributed by atoms with Crippen LogP contribution < -0.4 is 0 Å². The number of rotatable bonds is 9. The Balaban J connectivity index is 1.45. The van der Waals surface area contributed by atoms with Gasteiger partial charge in [-0.25, -0.2) is 0 Å². The molecule has 2 heterocycles. The first-order chi connectivity index (χ1) is 17.0. The molecule has 6 nitrogen and oxygen atoms in total. The molecular formula is C29H34N2O4. The van der Waals surface area contributed by atoms with Crippen LogP contribution in [-0.2, 0) is 31.1 Å². The molecule has 0 N–H and O–H groups in total. The number of benzene rings is 2. The van der Waals surface area contributed by atoms with E-state index in [0.717, 1.165) is 49.0 Å². The SMILES string of the molecule is Cc1ccccc1[C@@]1(CC(=O)N(CC2CC2)C[C@H]2CCCO2)CC(=O)N(Cc2ccccc2)C1=O. The van der Waals surface area contributed by atoms with E-state index in [9.17, 15) is 14.4 Å². The molecule has 2 saturated heterocycles. The number of hydrogen-bond acceptors (Lipinski definition) is 4. The molecule has 2 aromatic carbocycles. The molecule has 35 heavy (non-hydrogen) atoms. The van der Waals surface area contributed by atoms with Crippen LogP contribution in [0.3, 0.4) is 0 Å². The lowest BCUT2D eigenvalue weighted by Gasteiger charge is -2.32. The molecule has 5 rings (SSSR count). The van der Waals surface area contributed by atoms with E-state index in [1.54, 1.807) is 0 Å². The fraction of sp³-hybridized carbons (Fsp3) is 0.483. The number of hydrogen-bond donors (Lipinski definition) is 0. The van der Waals surface area contributed by atoms with Crippen molar-refractivity contribution in [3.8, 4) is 0 Å². The number of ether oxygens (including phenoxy) is 1. The molecule has 0 unspecified atom stereocenters. The molecule has 2 atom stereocenters.